The number of nitrogens with one attached hydrogen (secondary N) is 1. The molecule has 110 valence electrons. The Morgan fingerprint density at radius 3 is 2.85 bits per heavy atom. The summed E-state index contributed by atoms with van der Waals surface area (Å²) >= 11 is 1.90. The zero-order valence-corrected chi connectivity index (χ0v) is 13.1. The zero-order chi connectivity index (χ0) is 14.7. The van der Waals surface area contributed by atoms with E-state index in [9.17, 15) is 9.90 Å². The van der Waals surface area contributed by atoms with Crippen LogP contribution in [0.25, 0.3) is 0 Å². The number of aromatic nitrogens is 1. The standard InChI is InChI=1S/C15H22N2O2S/c1-9-7-10(2)16-14(13(9)15(18)19)17-11-5-4-6-12(8-11)20-3/h7,11-12H,4-6,8H2,1-3H3,(H,16,17)(H,18,19). The summed E-state index contributed by atoms with van der Waals surface area (Å²) in [5.74, 6) is -0.378. The van der Waals surface area contributed by atoms with Crippen molar-refractivity contribution in [1.29, 1.82) is 0 Å². The molecule has 1 heterocycles. The van der Waals surface area contributed by atoms with E-state index in [1.165, 1.54) is 12.8 Å². The first-order chi connectivity index (χ1) is 9.51. The van der Waals surface area contributed by atoms with E-state index < -0.39 is 5.97 Å². The number of carboxylic acid groups (broad SMARTS) is 1. The first kappa shape index (κ1) is 15.2. The van der Waals surface area contributed by atoms with Crippen molar-refractivity contribution in [3.05, 3.63) is 22.9 Å². The number of hydrogen-bond donors (Lipinski definition) is 2. The molecule has 2 N–H and O–H groups in total. The van der Waals surface area contributed by atoms with Crippen LogP contribution < -0.4 is 5.32 Å². The van der Waals surface area contributed by atoms with Gasteiger partial charge in [-0.15, -0.1) is 0 Å². The van der Waals surface area contributed by atoms with E-state index in [4.69, 9.17) is 0 Å². The van der Waals surface area contributed by atoms with Crippen molar-refractivity contribution in [2.24, 2.45) is 0 Å². The molecule has 0 aliphatic heterocycles. The number of carbonyl (C=O) groups is 1. The molecule has 1 fully saturated rings. The highest BCUT2D eigenvalue weighted by atomic mass is 32.2. The molecule has 0 amide bonds. The van der Waals surface area contributed by atoms with E-state index in [1.54, 1.807) is 0 Å². The molecule has 1 aliphatic rings. The Morgan fingerprint density at radius 2 is 2.20 bits per heavy atom. The summed E-state index contributed by atoms with van der Waals surface area (Å²) in [5.41, 5.74) is 1.93. The van der Waals surface area contributed by atoms with Crippen LogP contribution in [0.2, 0.25) is 0 Å². The molecule has 1 aromatic rings. The molecule has 0 saturated heterocycles. The van der Waals surface area contributed by atoms with Crippen molar-refractivity contribution in [1.82, 2.24) is 4.98 Å². The van der Waals surface area contributed by atoms with Gasteiger partial charge in [0.2, 0.25) is 0 Å². The molecule has 4 nitrogen and oxygen atoms in total. The number of carboxylic acids is 1. The Hall–Kier alpha value is -1.23. The molecule has 0 radical (unpaired) electrons. The summed E-state index contributed by atoms with van der Waals surface area (Å²) in [6.45, 7) is 3.73. The number of anilines is 1. The van der Waals surface area contributed by atoms with Gasteiger partial charge < -0.3 is 10.4 Å². The van der Waals surface area contributed by atoms with Gasteiger partial charge in [-0.05, 0) is 51.0 Å². The predicted molar refractivity (Wildman–Crippen MR) is 83.9 cm³/mol. The smallest absolute Gasteiger partial charge is 0.339 e. The van der Waals surface area contributed by atoms with Crippen LogP contribution in [-0.4, -0.2) is 33.6 Å². The Kier molecular flexibility index (Phi) is 4.91. The second-order valence-corrected chi connectivity index (χ2v) is 6.61. The number of pyridine rings is 1. The van der Waals surface area contributed by atoms with E-state index in [0.29, 0.717) is 22.7 Å². The molecule has 1 aromatic heterocycles. The third kappa shape index (κ3) is 3.45. The summed E-state index contributed by atoms with van der Waals surface area (Å²) in [5, 5.41) is 13.4. The number of rotatable bonds is 4. The van der Waals surface area contributed by atoms with Crippen molar-refractivity contribution >= 4 is 23.5 Å². The van der Waals surface area contributed by atoms with Crippen LogP contribution in [-0.2, 0) is 0 Å². The summed E-state index contributed by atoms with van der Waals surface area (Å²) in [4.78, 5) is 15.8. The monoisotopic (exact) mass is 294 g/mol. The summed E-state index contributed by atoms with van der Waals surface area (Å²) in [6.07, 6.45) is 6.76. The number of hydrogen-bond acceptors (Lipinski definition) is 4. The largest absolute Gasteiger partial charge is 0.478 e. The molecular weight excluding hydrogens is 272 g/mol. The second kappa shape index (κ2) is 6.48. The van der Waals surface area contributed by atoms with Gasteiger partial charge in [-0.25, -0.2) is 9.78 Å². The molecule has 2 unspecified atom stereocenters. The predicted octanol–water partition coefficient (Wildman–Crippen LogP) is 3.48. The Morgan fingerprint density at radius 1 is 1.45 bits per heavy atom. The summed E-state index contributed by atoms with van der Waals surface area (Å²) in [7, 11) is 0. The van der Waals surface area contributed by atoms with Crippen molar-refractivity contribution in [3.8, 4) is 0 Å². The first-order valence-corrected chi connectivity index (χ1v) is 8.31. The fraction of sp³-hybridized carbons (Fsp3) is 0.600. The highest BCUT2D eigenvalue weighted by molar-refractivity contribution is 7.99. The third-order valence-electron chi connectivity index (χ3n) is 3.86. The lowest BCUT2D eigenvalue weighted by molar-refractivity contribution is 0.0696. The first-order valence-electron chi connectivity index (χ1n) is 7.02. The maximum atomic E-state index is 11.4. The minimum Gasteiger partial charge on any atom is -0.478 e. The minimum absolute atomic E-state index is 0.307. The molecule has 0 spiro atoms. The van der Waals surface area contributed by atoms with Gasteiger partial charge in [-0.3, -0.25) is 0 Å². The minimum atomic E-state index is -0.908. The van der Waals surface area contributed by atoms with E-state index >= 15 is 0 Å². The Bertz CT molecular complexity index is 505. The van der Waals surface area contributed by atoms with Gasteiger partial charge in [0.05, 0.1) is 0 Å². The van der Waals surface area contributed by atoms with Gasteiger partial charge in [-0.2, -0.15) is 11.8 Å². The fourth-order valence-electron chi connectivity index (χ4n) is 2.89. The number of aryl methyl sites for hydroxylation is 2. The zero-order valence-electron chi connectivity index (χ0n) is 12.3. The van der Waals surface area contributed by atoms with Gasteiger partial charge in [0.1, 0.15) is 11.4 Å². The normalized spacial score (nSPS) is 22.6. The Balaban J connectivity index is 2.22. The molecule has 20 heavy (non-hydrogen) atoms. The summed E-state index contributed by atoms with van der Waals surface area (Å²) in [6, 6.07) is 2.15. The maximum Gasteiger partial charge on any atom is 0.339 e. The van der Waals surface area contributed by atoms with E-state index in [-0.39, 0.29) is 0 Å². The van der Waals surface area contributed by atoms with E-state index in [1.807, 2.05) is 31.7 Å². The van der Waals surface area contributed by atoms with Crippen molar-refractivity contribution < 1.29 is 9.90 Å². The van der Waals surface area contributed by atoms with Gasteiger partial charge in [0.25, 0.3) is 0 Å². The van der Waals surface area contributed by atoms with Crippen molar-refractivity contribution in [2.75, 3.05) is 11.6 Å². The topological polar surface area (TPSA) is 62.2 Å². The average molecular weight is 294 g/mol. The van der Waals surface area contributed by atoms with Crippen LogP contribution in [0.3, 0.4) is 0 Å². The van der Waals surface area contributed by atoms with Crippen LogP contribution in [0.4, 0.5) is 5.82 Å². The highest BCUT2D eigenvalue weighted by Crippen LogP contribution is 2.29. The van der Waals surface area contributed by atoms with Gasteiger partial charge in [0.15, 0.2) is 0 Å². The Labute approximate surface area is 124 Å². The van der Waals surface area contributed by atoms with Crippen LogP contribution in [0, 0.1) is 13.8 Å². The third-order valence-corrected chi connectivity index (χ3v) is 4.95. The average Bonchev–Trinajstić information content (AvgIpc) is 2.37. The fourth-order valence-corrected chi connectivity index (χ4v) is 3.72. The van der Waals surface area contributed by atoms with Gasteiger partial charge >= 0.3 is 5.97 Å². The highest BCUT2D eigenvalue weighted by Gasteiger charge is 2.24. The molecule has 2 atom stereocenters. The number of nitrogens with zero attached hydrogens (tertiary/aromatic N) is 1. The molecule has 1 saturated carbocycles. The lowest BCUT2D eigenvalue weighted by Crippen LogP contribution is -2.30. The van der Waals surface area contributed by atoms with Crippen molar-refractivity contribution in [3.63, 3.8) is 0 Å². The molecule has 1 aliphatic carbocycles. The molecule has 0 aromatic carbocycles. The summed E-state index contributed by atoms with van der Waals surface area (Å²) < 4.78 is 0. The van der Waals surface area contributed by atoms with E-state index in [0.717, 1.165) is 24.1 Å². The quantitative estimate of drug-likeness (QED) is 0.890. The van der Waals surface area contributed by atoms with Gasteiger partial charge in [0, 0.05) is 17.0 Å². The van der Waals surface area contributed by atoms with Crippen LogP contribution in [0.5, 0.6) is 0 Å². The van der Waals surface area contributed by atoms with Gasteiger partial charge in [-0.1, -0.05) is 6.42 Å². The molecule has 0 bridgehead atoms. The lowest BCUT2D eigenvalue weighted by atomic mass is 9.94. The van der Waals surface area contributed by atoms with Crippen LogP contribution >= 0.6 is 11.8 Å². The van der Waals surface area contributed by atoms with E-state index in [2.05, 4.69) is 16.6 Å². The SMILES string of the molecule is CSC1CCCC(Nc2nc(C)cc(C)c2C(=O)O)C1. The number of aromatic carboxylic acids is 1. The number of thioether (sulfide) groups is 1. The molecular formula is C15H22N2O2S. The molecule has 5 heteroatoms. The molecule has 2 rings (SSSR count). The second-order valence-electron chi connectivity index (χ2n) is 5.47. The van der Waals surface area contributed by atoms with Crippen LogP contribution in [0.1, 0.15) is 47.3 Å². The van der Waals surface area contributed by atoms with Crippen LogP contribution in [0.15, 0.2) is 6.07 Å². The van der Waals surface area contributed by atoms with Crippen molar-refractivity contribution in [2.45, 2.75) is 50.8 Å². The maximum absolute atomic E-state index is 11.4. The lowest BCUT2D eigenvalue weighted by Gasteiger charge is -2.29.